The summed E-state index contributed by atoms with van der Waals surface area (Å²) in [6, 6.07) is 4.40. The third-order valence-electron chi connectivity index (χ3n) is 1.95. The van der Waals surface area contributed by atoms with Crippen LogP contribution in [-0.4, -0.2) is 35.9 Å². The van der Waals surface area contributed by atoms with Gasteiger partial charge in [-0.2, -0.15) is 0 Å². The summed E-state index contributed by atoms with van der Waals surface area (Å²) >= 11 is 0. The second-order valence-corrected chi connectivity index (χ2v) is 3.24. The summed E-state index contributed by atoms with van der Waals surface area (Å²) in [7, 11) is 1.39. The third-order valence-corrected chi connectivity index (χ3v) is 1.95. The van der Waals surface area contributed by atoms with Gasteiger partial charge in [-0.1, -0.05) is 6.07 Å². The molecule has 6 heteroatoms. The Bertz CT molecular complexity index is 426. The highest BCUT2D eigenvalue weighted by atomic mass is 16.5. The average molecular weight is 240 g/mol. The van der Waals surface area contributed by atoms with Crippen molar-refractivity contribution in [2.45, 2.75) is 6.42 Å². The van der Waals surface area contributed by atoms with Gasteiger partial charge < -0.3 is 19.7 Å². The van der Waals surface area contributed by atoms with Crippen molar-refractivity contribution in [2.75, 3.05) is 13.7 Å². The molecule has 6 nitrogen and oxygen atoms in total. The number of aliphatic carboxylic acids is 1. The fraction of sp³-hybridized carbons (Fsp3) is 0.273. The number of benzene rings is 1. The van der Waals surface area contributed by atoms with Crippen LogP contribution in [-0.2, 0) is 20.7 Å². The van der Waals surface area contributed by atoms with Crippen molar-refractivity contribution >= 4 is 11.9 Å². The van der Waals surface area contributed by atoms with E-state index in [2.05, 4.69) is 4.74 Å². The number of carboxylic acids is 1. The van der Waals surface area contributed by atoms with E-state index in [1.807, 2.05) is 0 Å². The Labute approximate surface area is 97.4 Å². The van der Waals surface area contributed by atoms with E-state index < -0.39 is 18.5 Å². The molecule has 0 aromatic heterocycles. The van der Waals surface area contributed by atoms with Gasteiger partial charge in [-0.3, -0.25) is 4.79 Å². The normalized spacial score (nSPS) is 9.71. The van der Waals surface area contributed by atoms with Gasteiger partial charge in [-0.25, -0.2) is 4.79 Å². The predicted octanol–water partition coefficient (Wildman–Crippen LogP) is 0.571. The van der Waals surface area contributed by atoms with Gasteiger partial charge in [-0.15, -0.1) is 0 Å². The number of phenols is 1. The van der Waals surface area contributed by atoms with Gasteiger partial charge in [0, 0.05) is 0 Å². The van der Waals surface area contributed by atoms with Gasteiger partial charge in [0.25, 0.3) is 0 Å². The molecule has 0 fully saturated rings. The lowest BCUT2D eigenvalue weighted by Gasteiger charge is -2.06. The van der Waals surface area contributed by atoms with Crippen LogP contribution >= 0.6 is 0 Å². The summed E-state index contributed by atoms with van der Waals surface area (Å²) in [6.45, 7) is -0.659. The largest absolute Gasteiger partial charge is 0.504 e. The Kier molecular flexibility index (Phi) is 4.33. The van der Waals surface area contributed by atoms with Crippen LogP contribution in [0, 0.1) is 0 Å². The highest BCUT2D eigenvalue weighted by molar-refractivity contribution is 5.77. The highest BCUT2D eigenvalue weighted by Crippen LogP contribution is 2.26. The van der Waals surface area contributed by atoms with Crippen LogP contribution in [0.5, 0.6) is 11.5 Å². The third kappa shape index (κ3) is 4.02. The molecular weight excluding hydrogens is 228 g/mol. The number of hydrogen-bond donors (Lipinski definition) is 2. The number of carbonyl (C=O) groups is 2. The van der Waals surface area contributed by atoms with Crippen LogP contribution in [0.25, 0.3) is 0 Å². The first-order valence-corrected chi connectivity index (χ1v) is 4.76. The summed E-state index contributed by atoms with van der Waals surface area (Å²) in [5.74, 6) is -1.65. The van der Waals surface area contributed by atoms with E-state index in [0.717, 1.165) is 0 Å². The molecule has 0 bridgehead atoms. The number of carbonyl (C=O) groups excluding carboxylic acids is 1. The Balaban J connectivity index is 2.62. The fourth-order valence-electron chi connectivity index (χ4n) is 1.19. The van der Waals surface area contributed by atoms with Gasteiger partial charge in [-0.05, 0) is 17.7 Å². The van der Waals surface area contributed by atoms with Gasteiger partial charge in [0.15, 0.2) is 18.1 Å². The molecule has 0 heterocycles. The minimum Gasteiger partial charge on any atom is -0.504 e. The molecule has 0 aliphatic heterocycles. The number of esters is 1. The lowest BCUT2D eigenvalue weighted by atomic mass is 10.1. The first-order valence-electron chi connectivity index (χ1n) is 4.76. The second-order valence-electron chi connectivity index (χ2n) is 3.24. The lowest BCUT2D eigenvalue weighted by molar-refractivity contribution is -0.154. The number of phenolic OH excluding ortho intramolecular Hbond substituents is 1. The van der Waals surface area contributed by atoms with Crippen LogP contribution in [0.2, 0.25) is 0 Å². The Morgan fingerprint density at radius 1 is 1.35 bits per heavy atom. The molecule has 17 heavy (non-hydrogen) atoms. The van der Waals surface area contributed by atoms with Crippen LogP contribution in [0.1, 0.15) is 5.56 Å². The molecular formula is C11H12O6. The number of hydrogen-bond acceptors (Lipinski definition) is 5. The van der Waals surface area contributed by atoms with E-state index in [4.69, 9.17) is 9.84 Å². The van der Waals surface area contributed by atoms with Gasteiger partial charge >= 0.3 is 11.9 Å². The van der Waals surface area contributed by atoms with Gasteiger partial charge in [0.2, 0.25) is 0 Å². The van der Waals surface area contributed by atoms with Crippen molar-refractivity contribution in [1.29, 1.82) is 0 Å². The number of carboxylic acid groups (broad SMARTS) is 1. The SMILES string of the molecule is COc1cc(CC(=O)OCC(=O)O)ccc1O. The Morgan fingerprint density at radius 3 is 2.65 bits per heavy atom. The van der Waals surface area contributed by atoms with Gasteiger partial charge in [0.05, 0.1) is 13.5 Å². The smallest absolute Gasteiger partial charge is 0.341 e. The summed E-state index contributed by atoms with van der Waals surface area (Å²) < 4.78 is 9.34. The molecule has 92 valence electrons. The summed E-state index contributed by atoms with van der Waals surface area (Å²) in [5, 5.41) is 17.6. The van der Waals surface area contributed by atoms with E-state index in [1.165, 1.54) is 25.3 Å². The molecule has 0 unspecified atom stereocenters. The zero-order chi connectivity index (χ0) is 12.8. The zero-order valence-corrected chi connectivity index (χ0v) is 9.17. The van der Waals surface area contributed by atoms with E-state index >= 15 is 0 Å². The summed E-state index contributed by atoms with van der Waals surface area (Å²) in [6.07, 6.45) is -0.0794. The zero-order valence-electron chi connectivity index (χ0n) is 9.17. The molecule has 0 saturated carbocycles. The highest BCUT2D eigenvalue weighted by Gasteiger charge is 2.09. The van der Waals surface area contributed by atoms with Crippen molar-refractivity contribution in [3.8, 4) is 11.5 Å². The predicted molar refractivity (Wildman–Crippen MR) is 57.0 cm³/mol. The van der Waals surface area contributed by atoms with Crippen molar-refractivity contribution in [2.24, 2.45) is 0 Å². The fourth-order valence-corrected chi connectivity index (χ4v) is 1.19. The topological polar surface area (TPSA) is 93.1 Å². The summed E-state index contributed by atoms with van der Waals surface area (Å²) in [5.41, 5.74) is 0.565. The first kappa shape index (κ1) is 12.8. The molecule has 0 radical (unpaired) electrons. The minimum absolute atomic E-state index is 0.0323. The molecule has 1 aromatic carbocycles. The van der Waals surface area contributed by atoms with Crippen LogP contribution in [0.3, 0.4) is 0 Å². The first-order chi connectivity index (χ1) is 8.02. The maximum Gasteiger partial charge on any atom is 0.341 e. The maximum absolute atomic E-state index is 11.2. The number of rotatable bonds is 5. The van der Waals surface area contributed by atoms with E-state index in [1.54, 1.807) is 0 Å². The molecule has 0 spiro atoms. The molecule has 0 saturated heterocycles. The minimum atomic E-state index is -1.21. The molecule has 1 aromatic rings. The van der Waals surface area contributed by atoms with Crippen molar-refractivity contribution < 1.29 is 29.3 Å². The van der Waals surface area contributed by atoms with Crippen molar-refractivity contribution in [1.82, 2.24) is 0 Å². The lowest BCUT2D eigenvalue weighted by Crippen LogP contribution is -2.14. The van der Waals surface area contributed by atoms with E-state index in [-0.39, 0.29) is 17.9 Å². The monoisotopic (exact) mass is 240 g/mol. The van der Waals surface area contributed by atoms with E-state index in [9.17, 15) is 14.7 Å². The molecule has 1 rings (SSSR count). The number of methoxy groups -OCH3 is 1. The van der Waals surface area contributed by atoms with Crippen LogP contribution in [0.4, 0.5) is 0 Å². The molecule has 0 aliphatic carbocycles. The van der Waals surface area contributed by atoms with E-state index in [0.29, 0.717) is 5.56 Å². The van der Waals surface area contributed by atoms with Gasteiger partial charge in [0.1, 0.15) is 0 Å². The molecule has 0 amide bonds. The second kappa shape index (κ2) is 5.74. The molecule has 2 N–H and O–H groups in total. The number of aromatic hydroxyl groups is 1. The number of ether oxygens (including phenoxy) is 2. The molecule has 0 aliphatic rings. The van der Waals surface area contributed by atoms with Crippen LogP contribution in [0.15, 0.2) is 18.2 Å². The Morgan fingerprint density at radius 2 is 2.06 bits per heavy atom. The molecule has 0 atom stereocenters. The van der Waals surface area contributed by atoms with Crippen molar-refractivity contribution in [3.05, 3.63) is 23.8 Å². The van der Waals surface area contributed by atoms with Crippen molar-refractivity contribution in [3.63, 3.8) is 0 Å². The summed E-state index contributed by atoms with van der Waals surface area (Å²) in [4.78, 5) is 21.4. The quantitative estimate of drug-likeness (QED) is 0.731. The Hall–Kier alpha value is -2.24. The van der Waals surface area contributed by atoms with Crippen LogP contribution < -0.4 is 4.74 Å². The standard InChI is InChI=1S/C11H12O6/c1-16-9-4-7(2-3-8(9)12)5-11(15)17-6-10(13)14/h2-4,12H,5-6H2,1H3,(H,13,14). The average Bonchev–Trinajstić information content (AvgIpc) is 2.29. The maximum atomic E-state index is 11.2.